The van der Waals surface area contributed by atoms with Crippen molar-refractivity contribution in [2.24, 2.45) is 5.92 Å². The van der Waals surface area contributed by atoms with Crippen molar-refractivity contribution in [1.82, 2.24) is 78.1 Å². The molecule has 13 N–H and O–H groups in total. The molecule has 10 aromatic rings. The number of hydrogen-bond donors (Lipinski definition) is 13. The standard InChI is InChI=1S/C21H29N5O9P2S.C20H25N5O4S.C17H23ClN4O3S.C13H17ClN4O4S/c1-12(2)38-21-24-18(22-8-13-6-4-3-5-7-13)15-19(25-21)26(10-23-15)20-17(28)16(27)14(35-20)9-34-37(32,33)11-36(29,30)31;1-11(2)30-20-23-17(21-8-12-6-4-3-5-7-12)14-18(24-20)25(10-22-14)19-16(28)15(27)13(9-26)29-19;1-6-11-9(4)13(24-10(5)23)16(25-11)22-7-19-12-14(18)20-17(21-15(12)22)26-8(2)3;1-5(2)23-13-16-10(14)7-11(17-13)18(4-15-7)12-9(21)8(20)6(3-19)22-12/h3-7,10,12,14,16-17,20,27-28H,8-9,11H2,1-2H3,(H,32,33)(H,22,24,25)(H2,29,30,31);3-7,10-11,13,15-16,19,26-28H,8-9H2,1-2H3,(H,21,23,24);7-9,11,13,16H,6H2,1-5H3;4-6,8-9,12,19-21H,3H2,1-2H3/t14-,16-,17-,20-;13-,15-,16-,19-;9-,11-,13-,16-;6-,8-,9-,12-/m1111/s1. The lowest BCUT2D eigenvalue weighted by atomic mass is 9.98. The highest BCUT2D eigenvalue weighted by molar-refractivity contribution is 8.00. The van der Waals surface area contributed by atoms with Gasteiger partial charge in [-0.2, -0.15) is 0 Å². The number of benzene rings is 2. The number of esters is 1. The van der Waals surface area contributed by atoms with Crippen LogP contribution in [-0.4, -0.2) is 253 Å². The van der Waals surface area contributed by atoms with Crippen LogP contribution in [0.4, 0.5) is 11.6 Å². The van der Waals surface area contributed by atoms with E-state index in [2.05, 4.69) is 105 Å². The van der Waals surface area contributed by atoms with Gasteiger partial charge in [-0.25, -0.2) is 59.8 Å². The quantitative estimate of drug-likeness (QED) is 0.00764. The molecule has 0 aliphatic carbocycles. The summed E-state index contributed by atoms with van der Waals surface area (Å²) in [5.74, 6) is -0.606. The van der Waals surface area contributed by atoms with Gasteiger partial charge in [0.15, 0.2) is 113 Å². The van der Waals surface area contributed by atoms with E-state index < -0.39 is 127 Å². The summed E-state index contributed by atoms with van der Waals surface area (Å²) in [5, 5.41) is 90.7. The average Bonchev–Trinajstić information content (AvgIpc) is 1.64. The van der Waals surface area contributed by atoms with Gasteiger partial charge in [0.05, 0.1) is 51.2 Å². The lowest BCUT2D eigenvalue weighted by Crippen LogP contribution is -2.33. The summed E-state index contributed by atoms with van der Waals surface area (Å²) < 4.78 is 62.8. The van der Waals surface area contributed by atoms with Crippen molar-refractivity contribution in [1.29, 1.82) is 0 Å². The molecule has 2 aromatic carbocycles. The van der Waals surface area contributed by atoms with Gasteiger partial charge in [0.1, 0.15) is 66.0 Å². The van der Waals surface area contributed by atoms with Gasteiger partial charge in [0.2, 0.25) is 0 Å². The Morgan fingerprint density at radius 3 is 1.17 bits per heavy atom. The number of thioether (sulfide) groups is 4. The first kappa shape index (κ1) is 91.3. The largest absolute Gasteiger partial charge is 0.457 e. The summed E-state index contributed by atoms with van der Waals surface area (Å²) in [7, 11) is -9.50. The maximum Gasteiger partial charge on any atom is 0.340 e. The highest BCUT2D eigenvalue weighted by Crippen LogP contribution is 2.56. The number of hydrogen-bond acceptors (Lipinski definition) is 35. The van der Waals surface area contributed by atoms with E-state index in [0.717, 1.165) is 17.5 Å². The summed E-state index contributed by atoms with van der Waals surface area (Å²) in [6, 6.07) is 19.7. The van der Waals surface area contributed by atoms with E-state index in [1.54, 1.807) is 15.5 Å². The van der Waals surface area contributed by atoms with E-state index in [1.807, 2.05) is 95.3 Å². The summed E-state index contributed by atoms with van der Waals surface area (Å²) in [4.78, 5) is 92.6. The Kier molecular flexibility index (Phi) is 31.2. The molecule has 0 bridgehead atoms. The van der Waals surface area contributed by atoms with Crippen LogP contribution in [0, 0.1) is 5.92 Å². The fourth-order valence-electron chi connectivity index (χ4n) is 12.8. The normalized spacial score (nSPS) is 25.2. The lowest BCUT2D eigenvalue weighted by molar-refractivity contribution is -0.153. The number of ether oxygens (including phenoxy) is 5. The Labute approximate surface area is 698 Å². The van der Waals surface area contributed by atoms with E-state index in [9.17, 15) is 59.7 Å². The van der Waals surface area contributed by atoms with Crippen LogP contribution in [0.3, 0.4) is 0 Å². The molecule has 12 heterocycles. The van der Waals surface area contributed by atoms with Gasteiger partial charge in [-0.15, -0.1) is 0 Å². The number of fused-ring (bicyclic) bond motifs is 4. The Morgan fingerprint density at radius 1 is 0.496 bits per heavy atom. The second-order valence-electron chi connectivity index (χ2n) is 28.6. The van der Waals surface area contributed by atoms with Gasteiger partial charge < -0.3 is 94.4 Å². The van der Waals surface area contributed by atoms with Crippen LogP contribution < -0.4 is 10.6 Å². The van der Waals surface area contributed by atoms with E-state index in [-0.39, 0.29) is 38.9 Å². The zero-order valence-electron chi connectivity index (χ0n) is 65.1. The first-order chi connectivity index (χ1) is 55.5. The van der Waals surface area contributed by atoms with Crippen molar-refractivity contribution in [3.05, 3.63) is 107 Å². The minimum Gasteiger partial charge on any atom is -0.457 e. The molecular weight excluding hydrogens is 1690 g/mol. The monoisotopic (exact) mass is 1780 g/mol. The second-order valence-corrected chi connectivity index (χ2v) is 39.5. The maximum absolute atomic E-state index is 12.0. The molecule has 0 spiro atoms. The van der Waals surface area contributed by atoms with Crippen molar-refractivity contribution < 1.29 is 97.7 Å². The van der Waals surface area contributed by atoms with Crippen molar-refractivity contribution in [3.63, 3.8) is 0 Å². The van der Waals surface area contributed by atoms with Crippen molar-refractivity contribution in [3.8, 4) is 0 Å². The third kappa shape index (κ3) is 22.4. The van der Waals surface area contributed by atoms with Crippen LogP contribution in [-0.2, 0) is 55.2 Å². The Bertz CT molecular complexity index is 5110. The number of imidazole rings is 4. The number of nitrogens with one attached hydrogen (secondary N) is 2. The molecule has 0 saturated carbocycles. The van der Waals surface area contributed by atoms with Gasteiger partial charge in [-0.05, 0) is 17.5 Å². The topological polar surface area (TPSA) is 528 Å². The summed E-state index contributed by atoms with van der Waals surface area (Å²) >= 11 is 18.4. The van der Waals surface area contributed by atoms with Crippen LogP contribution >= 0.6 is 85.4 Å². The van der Waals surface area contributed by atoms with Crippen LogP contribution in [0.2, 0.25) is 10.3 Å². The Balaban J connectivity index is 0.000000156. The number of carbonyl (C=O) groups excluding carboxylic acids is 1. The molecule has 46 heteroatoms. The molecule has 38 nitrogen and oxygen atoms in total. The van der Waals surface area contributed by atoms with Crippen LogP contribution in [0.25, 0.3) is 44.7 Å². The van der Waals surface area contributed by atoms with Crippen molar-refractivity contribution in [2.45, 2.75) is 229 Å². The molecule has 4 aliphatic rings. The zero-order valence-corrected chi connectivity index (χ0v) is 71.7. The van der Waals surface area contributed by atoms with E-state index in [1.165, 1.54) is 82.1 Å². The summed E-state index contributed by atoms with van der Waals surface area (Å²) in [6.45, 7) is 21.3. The molecule has 0 radical (unpaired) electrons. The second kappa shape index (κ2) is 40.0. The van der Waals surface area contributed by atoms with Gasteiger partial charge >= 0.3 is 21.2 Å². The molecule has 636 valence electrons. The highest BCUT2D eigenvalue weighted by Gasteiger charge is 2.49. The highest BCUT2D eigenvalue weighted by atomic mass is 35.5. The third-order valence-corrected chi connectivity index (χ3v) is 25.6. The Morgan fingerprint density at radius 2 is 0.829 bits per heavy atom. The van der Waals surface area contributed by atoms with Crippen molar-refractivity contribution >= 4 is 148 Å². The van der Waals surface area contributed by atoms with E-state index in [4.69, 9.17) is 61.2 Å². The molecule has 14 rings (SSSR count). The summed E-state index contributed by atoms with van der Waals surface area (Å²) in [6.07, 6.45) is -7.98. The number of halogens is 2. The molecule has 0 amide bonds. The van der Waals surface area contributed by atoms with E-state index >= 15 is 0 Å². The minimum atomic E-state index is -4.83. The molecule has 1 unspecified atom stereocenters. The number of aliphatic hydroxyl groups is 8. The minimum absolute atomic E-state index is 0.0105. The molecule has 17 atom stereocenters. The predicted molar refractivity (Wildman–Crippen MR) is 436 cm³/mol. The number of aromatic nitrogens is 16. The number of rotatable bonds is 27. The van der Waals surface area contributed by atoms with Crippen LogP contribution in [0.1, 0.15) is 119 Å². The fraction of sp³-hybridized carbons (Fsp3) is 0.535. The number of nitrogens with zero attached hydrogens (tertiary/aromatic N) is 16. The lowest BCUT2D eigenvalue weighted by Gasteiger charge is -2.22. The Hall–Kier alpha value is -6.49. The molecule has 4 saturated heterocycles. The summed E-state index contributed by atoms with van der Waals surface area (Å²) in [5.41, 5.74) is 5.77. The average molecular weight is 1780 g/mol. The number of aliphatic hydroxyl groups excluding tert-OH is 8. The molecule has 4 aliphatic heterocycles. The molecule has 4 fully saturated rings. The SMILES string of the molecule is CC(C)Sc1nc(Cl)c2ncn([C@@H]3O[C@H](CO)[C@@H](O)[C@H]3O)c2n1.CC(C)Sc1nc(NCc2ccccc2)c2ncn([C@@H]3O[C@H](CO)[C@@H](O)[C@H]3O)c2n1.CC(C)Sc1nc(NCc2ccccc2)c2ncn([C@@H]3O[C@H](COP(=O)(O)CP(=O)(O)O)[C@@H](O)[C@H]3O)c2n1.CC[C@H]1O[C@@H](n2cnc3c(Cl)nc(SC(C)C)nc32)[C@H](OC(C)=O)[C@@H]1C. The maximum atomic E-state index is 12.0. The number of anilines is 2. The van der Waals surface area contributed by atoms with Gasteiger partial charge in [0, 0.05) is 46.9 Å². The molecule has 8 aromatic heterocycles. The van der Waals surface area contributed by atoms with Gasteiger partial charge in [-0.3, -0.25) is 32.2 Å². The number of carbonyl (C=O) groups is 1. The zero-order chi connectivity index (χ0) is 84.6. The van der Waals surface area contributed by atoms with Gasteiger partial charge in [-0.1, -0.05) is 200 Å². The molecule has 117 heavy (non-hydrogen) atoms. The van der Waals surface area contributed by atoms with E-state index in [0.29, 0.717) is 100 Å². The smallest absolute Gasteiger partial charge is 0.340 e. The molecular formula is C71H94Cl2N18O20P2S4. The fourth-order valence-corrected chi connectivity index (χ4v) is 18.7. The third-order valence-electron chi connectivity index (χ3n) is 18.2. The van der Waals surface area contributed by atoms with Crippen LogP contribution in [0.15, 0.2) is 107 Å². The first-order valence-electron chi connectivity index (χ1n) is 37.2. The van der Waals surface area contributed by atoms with Gasteiger partial charge in [0.25, 0.3) is 0 Å². The van der Waals surface area contributed by atoms with Crippen LogP contribution in [0.5, 0.6) is 0 Å². The first-order valence-corrected chi connectivity index (χ1v) is 45.0. The predicted octanol–water partition coefficient (Wildman–Crippen LogP) is 7.89. The van der Waals surface area contributed by atoms with Crippen molar-refractivity contribution in [2.75, 3.05) is 36.4 Å².